The molecule has 1 aromatic carbocycles. The van der Waals surface area contributed by atoms with Gasteiger partial charge in [-0.1, -0.05) is 25.8 Å². The summed E-state index contributed by atoms with van der Waals surface area (Å²) in [5.41, 5.74) is 7.63. The van der Waals surface area contributed by atoms with Crippen LogP contribution < -0.4 is 10.6 Å². The van der Waals surface area contributed by atoms with Crippen molar-refractivity contribution in [2.45, 2.75) is 52.0 Å². The fraction of sp³-hybridized carbons (Fsp3) is 0.647. The van der Waals surface area contributed by atoms with Crippen LogP contribution in [0.25, 0.3) is 0 Å². The van der Waals surface area contributed by atoms with Gasteiger partial charge in [0.05, 0.1) is 0 Å². The summed E-state index contributed by atoms with van der Waals surface area (Å²) >= 11 is 0. The van der Waals surface area contributed by atoms with Crippen molar-refractivity contribution in [1.82, 2.24) is 0 Å². The third kappa shape index (κ3) is 3.51. The van der Waals surface area contributed by atoms with E-state index in [0.29, 0.717) is 5.56 Å². The van der Waals surface area contributed by atoms with Crippen molar-refractivity contribution >= 4 is 5.69 Å². The molecule has 2 unspecified atom stereocenters. The smallest absolute Gasteiger partial charge is 0.130 e. The van der Waals surface area contributed by atoms with E-state index >= 15 is 0 Å². The minimum atomic E-state index is -0.263. The summed E-state index contributed by atoms with van der Waals surface area (Å²) in [4.78, 5) is 2.33. The van der Waals surface area contributed by atoms with Gasteiger partial charge in [-0.3, -0.25) is 0 Å². The van der Waals surface area contributed by atoms with E-state index in [0.717, 1.165) is 24.7 Å². The van der Waals surface area contributed by atoms with Gasteiger partial charge >= 0.3 is 0 Å². The van der Waals surface area contributed by atoms with Crippen LogP contribution in [-0.2, 0) is 0 Å². The van der Waals surface area contributed by atoms with E-state index < -0.39 is 0 Å². The lowest BCUT2D eigenvalue weighted by Gasteiger charge is -2.27. The first kappa shape index (κ1) is 15.3. The Kier molecular flexibility index (Phi) is 5.41. The summed E-state index contributed by atoms with van der Waals surface area (Å²) in [5, 5.41) is 0. The van der Waals surface area contributed by atoms with Gasteiger partial charge in [-0.15, -0.1) is 0 Å². The molecule has 0 amide bonds. The molecule has 112 valence electrons. The number of halogens is 1. The summed E-state index contributed by atoms with van der Waals surface area (Å²) in [6.07, 6.45) is 6.28. The summed E-state index contributed by atoms with van der Waals surface area (Å²) < 4.78 is 14.0. The zero-order chi connectivity index (χ0) is 14.5. The number of benzene rings is 1. The van der Waals surface area contributed by atoms with Gasteiger partial charge < -0.3 is 10.6 Å². The van der Waals surface area contributed by atoms with Gasteiger partial charge in [0.25, 0.3) is 0 Å². The highest BCUT2D eigenvalue weighted by atomic mass is 19.1. The highest BCUT2D eigenvalue weighted by Gasteiger charge is 2.21. The van der Waals surface area contributed by atoms with Crippen LogP contribution >= 0.6 is 0 Å². The number of hydrogen-bond acceptors (Lipinski definition) is 2. The molecule has 0 radical (unpaired) electrons. The lowest BCUT2D eigenvalue weighted by atomic mass is 9.96. The minimum Gasteiger partial charge on any atom is -0.371 e. The summed E-state index contributed by atoms with van der Waals surface area (Å²) in [5.74, 6) is 0.657. The number of anilines is 1. The minimum absolute atomic E-state index is 0.174. The second kappa shape index (κ2) is 7.07. The Labute approximate surface area is 122 Å². The van der Waals surface area contributed by atoms with Crippen molar-refractivity contribution in [3.63, 3.8) is 0 Å². The Hall–Kier alpha value is -1.09. The largest absolute Gasteiger partial charge is 0.371 e. The Balaban J connectivity index is 2.17. The number of hydrogen-bond donors (Lipinski definition) is 1. The van der Waals surface area contributed by atoms with Crippen molar-refractivity contribution in [2.75, 3.05) is 18.0 Å². The molecule has 2 nitrogen and oxygen atoms in total. The van der Waals surface area contributed by atoms with Crippen LogP contribution in [0.2, 0.25) is 0 Å². The van der Waals surface area contributed by atoms with Gasteiger partial charge in [-0.25, -0.2) is 4.39 Å². The van der Waals surface area contributed by atoms with Gasteiger partial charge in [0, 0.05) is 30.4 Å². The predicted octanol–water partition coefficient (Wildman–Crippen LogP) is 4.25. The van der Waals surface area contributed by atoms with Crippen LogP contribution in [0, 0.1) is 11.7 Å². The molecule has 1 heterocycles. The molecule has 2 rings (SSSR count). The molecule has 20 heavy (non-hydrogen) atoms. The molecule has 0 saturated carbocycles. The molecule has 0 aliphatic carbocycles. The predicted molar refractivity (Wildman–Crippen MR) is 83.5 cm³/mol. The van der Waals surface area contributed by atoms with E-state index in [-0.39, 0.29) is 11.9 Å². The average Bonchev–Trinajstić information content (AvgIpc) is 2.64. The lowest BCUT2D eigenvalue weighted by molar-refractivity contribution is 0.435. The zero-order valence-electron chi connectivity index (χ0n) is 12.7. The van der Waals surface area contributed by atoms with E-state index in [2.05, 4.69) is 11.8 Å². The molecule has 3 heteroatoms. The molecular formula is C17H27FN2. The first-order valence-corrected chi connectivity index (χ1v) is 7.92. The van der Waals surface area contributed by atoms with E-state index in [1.54, 1.807) is 6.07 Å². The standard InChI is InChI=1S/C17H27FN2/c1-3-6-14-7-5-11-20(12-10-14)16-9-4-8-15(18)17(16)13(2)19/h4,8-9,13-14H,3,5-7,10-12,19H2,1-2H3. The topological polar surface area (TPSA) is 29.3 Å². The second-order valence-electron chi connectivity index (χ2n) is 6.03. The number of nitrogens with two attached hydrogens (primary N) is 1. The van der Waals surface area contributed by atoms with Crippen LogP contribution in [-0.4, -0.2) is 13.1 Å². The first-order valence-electron chi connectivity index (χ1n) is 7.92. The monoisotopic (exact) mass is 278 g/mol. The van der Waals surface area contributed by atoms with Gasteiger partial charge in [-0.05, 0) is 44.2 Å². The van der Waals surface area contributed by atoms with Crippen molar-refractivity contribution in [3.8, 4) is 0 Å². The highest BCUT2D eigenvalue weighted by Crippen LogP contribution is 2.31. The fourth-order valence-corrected chi connectivity index (χ4v) is 3.36. The molecule has 1 saturated heterocycles. The van der Waals surface area contributed by atoms with Gasteiger partial charge in [0.15, 0.2) is 0 Å². The van der Waals surface area contributed by atoms with Crippen molar-refractivity contribution in [2.24, 2.45) is 11.7 Å². The van der Waals surface area contributed by atoms with E-state index in [4.69, 9.17) is 5.73 Å². The molecular weight excluding hydrogens is 251 g/mol. The molecule has 1 aromatic rings. The number of rotatable bonds is 4. The molecule has 1 fully saturated rings. The maximum absolute atomic E-state index is 14.0. The van der Waals surface area contributed by atoms with E-state index in [9.17, 15) is 4.39 Å². The normalized spacial score (nSPS) is 21.6. The van der Waals surface area contributed by atoms with Crippen LogP contribution in [0.4, 0.5) is 10.1 Å². The first-order chi connectivity index (χ1) is 9.63. The molecule has 0 aromatic heterocycles. The highest BCUT2D eigenvalue weighted by molar-refractivity contribution is 5.55. The summed E-state index contributed by atoms with van der Waals surface area (Å²) in [6.45, 7) is 6.15. The van der Waals surface area contributed by atoms with Crippen LogP contribution in [0.1, 0.15) is 57.6 Å². The molecule has 2 N–H and O–H groups in total. The second-order valence-corrected chi connectivity index (χ2v) is 6.03. The Morgan fingerprint density at radius 1 is 1.35 bits per heavy atom. The van der Waals surface area contributed by atoms with Gasteiger partial charge in [-0.2, -0.15) is 0 Å². The fourth-order valence-electron chi connectivity index (χ4n) is 3.36. The van der Waals surface area contributed by atoms with Crippen molar-refractivity contribution < 1.29 is 4.39 Å². The Morgan fingerprint density at radius 3 is 2.85 bits per heavy atom. The zero-order valence-corrected chi connectivity index (χ0v) is 12.7. The van der Waals surface area contributed by atoms with Crippen LogP contribution in [0.5, 0.6) is 0 Å². The third-order valence-corrected chi connectivity index (χ3v) is 4.37. The molecule has 1 aliphatic rings. The Bertz CT molecular complexity index is 431. The SMILES string of the molecule is CCCC1CCCN(c2cccc(F)c2C(C)N)CC1. The average molecular weight is 278 g/mol. The summed E-state index contributed by atoms with van der Waals surface area (Å²) in [6, 6.07) is 5.06. The Morgan fingerprint density at radius 2 is 2.15 bits per heavy atom. The quantitative estimate of drug-likeness (QED) is 0.892. The summed E-state index contributed by atoms with van der Waals surface area (Å²) in [7, 11) is 0. The third-order valence-electron chi connectivity index (χ3n) is 4.37. The van der Waals surface area contributed by atoms with Crippen LogP contribution in [0.3, 0.4) is 0 Å². The van der Waals surface area contributed by atoms with Gasteiger partial charge in [0.2, 0.25) is 0 Å². The maximum atomic E-state index is 14.0. The van der Waals surface area contributed by atoms with Gasteiger partial charge in [0.1, 0.15) is 5.82 Å². The molecule has 0 bridgehead atoms. The molecule has 0 spiro atoms. The molecule has 2 atom stereocenters. The van der Waals surface area contributed by atoms with Crippen LogP contribution in [0.15, 0.2) is 18.2 Å². The van der Waals surface area contributed by atoms with Crippen molar-refractivity contribution in [3.05, 3.63) is 29.6 Å². The lowest BCUT2D eigenvalue weighted by Crippen LogP contribution is -2.27. The van der Waals surface area contributed by atoms with Crippen molar-refractivity contribution in [1.29, 1.82) is 0 Å². The van der Waals surface area contributed by atoms with E-state index in [1.807, 2.05) is 13.0 Å². The maximum Gasteiger partial charge on any atom is 0.130 e. The number of nitrogens with zero attached hydrogens (tertiary/aromatic N) is 1. The van der Waals surface area contributed by atoms with E-state index in [1.165, 1.54) is 38.2 Å². The molecule has 1 aliphatic heterocycles.